The van der Waals surface area contributed by atoms with Crippen LogP contribution in [0.4, 0.5) is 5.69 Å². The number of carbonyl (C=O) groups excluding carboxylic acids is 1. The Morgan fingerprint density at radius 3 is 2.69 bits per heavy atom. The second-order valence-corrected chi connectivity index (χ2v) is 8.52. The summed E-state index contributed by atoms with van der Waals surface area (Å²) in [7, 11) is 0. The zero-order chi connectivity index (χ0) is 17.9. The van der Waals surface area contributed by atoms with Gasteiger partial charge in [0.05, 0.1) is 18.3 Å². The van der Waals surface area contributed by atoms with Gasteiger partial charge in [0.15, 0.2) is 0 Å². The predicted octanol–water partition coefficient (Wildman–Crippen LogP) is 4.94. The molecule has 4 rings (SSSR count). The van der Waals surface area contributed by atoms with Gasteiger partial charge in [0.1, 0.15) is 0 Å². The monoisotopic (exact) mass is 474 g/mol. The SMILES string of the molecule is O=C(CN1CCc2sccc2[C@H]1c1ccccc1)Nc1ccccc1I. The molecular weight excluding hydrogens is 455 g/mol. The van der Waals surface area contributed by atoms with Gasteiger partial charge in [-0.25, -0.2) is 0 Å². The number of nitrogens with zero attached hydrogens (tertiary/aromatic N) is 1. The molecule has 132 valence electrons. The summed E-state index contributed by atoms with van der Waals surface area (Å²) in [5, 5.41) is 5.23. The first-order valence-electron chi connectivity index (χ1n) is 8.62. The first-order valence-corrected chi connectivity index (χ1v) is 10.6. The number of hydrogen-bond acceptors (Lipinski definition) is 3. The van der Waals surface area contributed by atoms with Crippen LogP contribution in [-0.4, -0.2) is 23.9 Å². The fourth-order valence-electron chi connectivity index (χ4n) is 3.50. The van der Waals surface area contributed by atoms with Gasteiger partial charge >= 0.3 is 0 Å². The standard InChI is InChI=1S/C21H19IN2OS/c22-17-8-4-5-9-18(17)23-20(25)14-24-12-10-19-16(11-13-26-19)21(24)15-6-2-1-3-7-15/h1-9,11,13,21H,10,12,14H2,(H,23,25)/t21-/m1/s1. The largest absolute Gasteiger partial charge is 0.324 e. The van der Waals surface area contributed by atoms with Crippen molar-refractivity contribution in [3.8, 4) is 0 Å². The van der Waals surface area contributed by atoms with Crippen molar-refractivity contribution in [2.45, 2.75) is 12.5 Å². The van der Waals surface area contributed by atoms with E-state index >= 15 is 0 Å². The molecule has 1 aromatic heterocycles. The van der Waals surface area contributed by atoms with E-state index in [9.17, 15) is 4.79 Å². The second kappa shape index (κ2) is 7.90. The van der Waals surface area contributed by atoms with Crippen molar-refractivity contribution in [3.05, 3.63) is 85.6 Å². The van der Waals surface area contributed by atoms with E-state index in [1.165, 1.54) is 16.0 Å². The quantitative estimate of drug-likeness (QED) is 0.544. The van der Waals surface area contributed by atoms with Crippen LogP contribution in [0.25, 0.3) is 0 Å². The lowest BCUT2D eigenvalue weighted by atomic mass is 9.93. The molecule has 0 fully saturated rings. The Morgan fingerprint density at radius 1 is 1.12 bits per heavy atom. The molecule has 0 saturated carbocycles. The van der Waals surface area contributed by atoms with E-state index in [2.05, 4.69) is 68.5 Å². The Bertz CT molecular complexity index is 909. The summed E-state index contributed by atoms with van der Waals surface area (Å²) in [4.78, 5) is 16.4. The van der Waals surface area contributed by atoms with Crippen molar-refractivity contribution < 1.29 is 4.79 Å². The summed E-state index contributed by atoms with van der Waals surface area (Å²) in [5.74, 6) is 0.0359. The highest BCUT2D eigenvalue weighted by Gasteiger charge is 2.30. The van der Waals surface area contributed by atoms with Crippen LogP contribution in [0.5, 0.6) is 0 Å². The summed E-state index contributed by atoms with van der Waals surface area (Å²) in [5.41, 5.74) is 3.46. The number of anilines is 1. The van der Waals surface area contributed by atoms with Gasteiger partial charge in [-0.2, -0.15) is 0 Å². The van der Waals surface area contributed by atoms with Crippen molar-refractivity contribution in [2.24, 2.45) is 0 Å². The smallest absolute Gasteiger partial charge is 0.238 e. The summed E-state index contributed by atoms with van der Waals surface area (Å²) >= 11 is 4.07. The minimum absolute atomic E-state index is 0.0359. The minimum Gasteiger partial charge on any atom is -0.324 e. The number of rotatable bonds is 4. The lowest BCUT2D eigenvalue weighted by molar-refractivity contribution is -0.117. The van der Waals surface area contributed by atoms with Crippen molar-refractivity contribution in [1.29, 1.82) is 0 Å². The number of hydrogen-bond donors (Lipinski definition) is 1. The van der Waals surface area contributed by atoms with Crippen LogP contribution in [0.3, 0.4) is 0 Å². The van der Waals surface area contributed by atoms with E-state index in [-0.39, 0.29) is 11.9 Å². The molecule has 0 saturated heterocycles. The van der Waals surface area contributed by atoms with Gasteiger partial charge in [-0.15, -0.1) is 11.3 Å². The Morgan fingerprint density at radius 2 is 1.88 bits per heavy atom. The Balaban J connectivity index is 1.57. The molecule has 26 heavy (non-hydrogen) atoms. The van der Waals surface area contributed by atoms with E-state index in [0.717, 1.165) is 22.2 Å². The number of amides is 1. The number of para-hydroxylation sites is 1. The van der Waals surface area contributed by atoms with Gasteiger partial charge in [0, 0.05) is 15.0 Å². The molecule has 3 nitrogen and oxygen atoms in total. The third-order valence-corrected chi connectivity index (χ3v) is 6.61. The summed E-state index contributed by atoms with van der Waals surface area (Å²) < 4.78 is 1.05. The maximum absolute atomic E-state index is 12.7. The molecule has 5 heteroatoms. The third kappa shape index (κ3) is 3.70. The minimum atomic E-state index is 0.0359. The van der Waals surface area contributed by atoms with Crippen molar-refractivity contribution in [3.63, 3.8) is 0 Å². The molecule has 1 atom stereocenters. The van der Waals surface area contributed by atoms with E-state index in [1.54, 1.807) is 0 Å². The maximum atomic E-state index is 12.7. The van der Waals surface area contributed by atoms with Gasteiger partial charge in [0.2, 0.25) is 5.91 Å². The highest BCUT2D eigenvalue weighted by Crippen LogP contribution is 2.37. The van der Waals surface area contributed by atoms with Crippen LogP contribution in [0.1, 0.15) is 22.0 Å². The molecule has 0 unspecified atom stereocenters. The first-order chi connectivity index (χ1) is 12.7. The highest BCUT2D eigenvalue weighted by atomic mass is 127. The van der Waals surface area contributed by atoms with Crippen LogP contribution >= 0.6 is 33.9 Å². The molecule has 1 aliphatic rings. The van der Waals surface area contributed by atoms with Gasteiger partial charge < -0.3 is 5.32 Å². The highest BCUT2D eigenvalue weighted by molar-refractivity contribution is 14.1. The Labute approximate surface area is 171 Å². The molecule has 2 heterocycles. The average molecular weight is 474 g/mol. The molecule has 1 aliphatic heterocycles. The van der Waals surface area contributed by atoms with E-state index < -0.39 is 0 Å². The summed E-state index contributed by atoms with van der Waals surface area (Å²) in [6.07, 6.45) is 1.01. The molecule has 0 aliphatic carbocycles. The van der Waals surface area contributed by atoms with Crippen LogP contribution in [0.2, 0.25) is 0 Å². The van der Waals surface area contributed by atoms with E-state index in [1.807, 2.05) is 41.7 Å². The number of carbonyl (C=O) groups is 1. The van der Waals surface area contributed by atoms with Gasteiger partial charge in [-0.1, -0.05) is 42.5 Å². The first kappa shape index (κ1) is 17.7. The van der Waals surface area contributed by atoms with Crippen molar-refractivity contribution in [2.75, 3.05) is 18.4 Å². The van der Waals surface area contributed by atoms with Gasteiger partial charge in [-0.05, 0) is 63.7 Å². The fourth-order valence-corrected chi connectivity index (χ4v) is 4.93. The van der Waals surface area contributed by atoms with Crippen LogP contribution < -0.4 is 5.32 Å². The number of nitrogens with one attached hydrogen (secondary N) is 1. The lowest BCUT2D eigenvalue weighted by Gasteiger charge is -2.35. The molecule has 1 amide bonds. The van der Waals surface area contributed by atoms with E-state index in [4.69, 9.17) is 0 Å². The van der Waals surface area contributed by atoms with Gasteiger partial charge in [0.25, 0.3) is 0 Å². The van der Waals surface area contributed by atoms with Crippen LogP contribution in [0.15, 0.2) is 66.0 Å². The topological polar surface area (TPSA) is 32.3 Å². The van der Waals surface area contributed by atoms with E-state index in [0.29, 0.717) is 6.54 Å². The molecular formula is C21H19IN2OS. The predicted molar refractivity (Wildman–Crippen MR) is 116 cm³/mol. The van der Waals surface area contributed by atoms with Crippen LogP contribution in [0, 0.1) is 3.57 Å². The fraction of sp³-hybridized carbons (Fsp3) is 0.190. The Kier molecular flexibility index (Phi) is 5.38. The maximum Gasteiger partial charge on any atom is 0.238 e. The molecule has 0 bridgehead atoms. The number of benzene rings is 2. The number of fused-ring (bicyclic) bond motifs is 1. The second-order valence-electron chi connectivity index (χ2n) is 6.36. The zero-order valence-electron chi connectivity index (χ0n) is 14.2. The zero-order valence-corrected chi connectivity index (χ0v) is 17.2. The third-order valence-electron chi connectivity index (χ3n) is 4.68. The molecule has 0 spiro atoms. The molecule has 1 N–H and O–H groups in total. The van der Waals surface area contributed by atoms with Crippen molar-refractivity contribution >= 4 is 45.5 Å². The lowest BCUT2D eigenvalue weighted by Crippen LogP contribution is -2.40. The Hall–Kier alpha value is -1.70. The summed E-state index contributed by atoms with van der Waals surface area (Å²) in [6.45, 7) is 1.28. The van der Waals surface area contributed by atoms with Crippen molar-refractivity contribution in [1.82, 2.24) is 4.90 Å². The average Bonchev–Trinajstić information content (AvgIpc) is 3.13. The number of halogens is 1. The molecule has 3 aromatic rings. The van der Waals surface area contributed by atoms with Crippen LogP contribution in [-0.2, 0) is 11.2 Å². The molecule has 0 radical (unpaired) electrons. The summed E-state index contributed by atoms with van der Waals surface area (Å²) in [6, 6.07) is 20.7. The number of thiophene rings is 1. The normalized spacial score (nSPS) is 16.9. The molecule has 2 aromatic carbocycles. The van der Waals surface area contributed by atoms with Gasteiger partial charge in [-0.3, -0.25) is 9.69 Å².